The Morgan fingerprint density at radius 2 is 1.48 bits per heavy atom. The molecule has 0 aliphatic heterocycles. The Morgan fingerprint density at radius 1 is 0.804 bits per heavy atom. The minimum Gasteiger partial charge on any atom is -0.461 e. The largest absolute Gasteiger partial charge is 0.461 e. The number of amides is 3. The Bertz CT molecular complexity index is 1280. The van der Waals surface area contributed by atoms with Crippen molar-refractivity contribution < 1.29 is 28.7 Å². The van der Waals surface area contributed by atoms with Gasteiger partial charge < -0.3 is 25.4 Å². The fourth-order valence-electron chi connectivity index (χ4n) is 6.34. The summed E-state index contributed by atoms with van der Waals surface area (Å²) in [6.07, 6.45) is 9.14. The number of ether oxygens (including phenoxy) is 2. The number of carbonyl (C=O) groups is 4. The summed E-state index contributed by atoms with van der Waals surface area (Å²) in [5.74, 6) is -0.0528. The van der Waals surface area contributed by atoms with Crippen LogP contribution < -0.4 is 16.0 Å². The van der Waals surface area contributed by atoms with Crippen LogP contribution in [0.25, 0.3) is 0 Å². The van der Waals surface area contributed by atoms with E-state index in [9.17, 15) is 19.2 Å². The Labute approximate surface area is 273 Å². The average molecular weight is 634 g/mol. The van der Waals surface area contributed by atoms with Crippen LogP contribution in [0.15, 0.2) is 54.6 Å². The van der Waals surface area contributed by atoms with E-state index < -0.39 is 17.7 Å². The Balaban J connectivity index is 1.27. The molecule has 2 aromatic rings. The average Bonchev–Trinajstić information content (AvgIpc) is 3.04. The second-order valence-electron chi connectivity index (χ2n) is 13.9. The topological polar surface area (TPSA) is 123 Å². The Hall–Kier alpha value is -3.88. The first-order valence-corrected chi connectivity index (χ1v) is 16.9. The zero-order valence-electron chi connectivity index (χ0n) is 27.6. The first-order valence-electron chi connectivity index (χ1n) is 16.9. The maximum Gasteiger partial charge on any atom is 0.407 e. The molecule has 0 aromatic heterocycles. The third kappa shape index (κ3) is 12.1. The van der Waals surface area contributed by atoms with Crippen molar-refractivity contribution in [3.8, 4) is 0 Å². The summed E-state index contributed by atoms with van der Waals surface area (Å²) in [6.45, 7) is 6.27. The van der Waals surface area contributed by atoms with Crippen molar-refractivity contribution in [3.63, 3.8) is 0 Å². The van der Waals surface area contributed by atoms with Gasteiger partial charge in [-0.2, -0.15) is 0 Å². The smallest absolute Gasteiger partial charge is 0.407 e. The third-order valence-corrected chi connectivity index (χ3v) is 8.89. The zero-order chi connectivity index (χ0) is 32.9. The van der Waals surface area contributed by atoms with E-state index in [1.54, 1.807) is 12.1 Å². The lowest BCUT2D eigenvalue weighted by Gasteiger charge is -2.31. The Kier molecular flexibility index (Phi) is 13.0. The number of alkyl carbamates (subject to hydrolysis) is 1. The molecule has 2 aromatic carbocycles. The highest BCUT2D eigenvalue weighted by Crippen LogP contribution is 2.30. The van der Waals surface area contributed by atoms with Crippen LogP contribution in [-0.2, 0) is 36.9 Å². The number of rotatable bonds is 12. The minimum absolute atomic E-state index is 0.0705. The van der Waals surface area contributed by atoms with Crippen LogP contribution in [0.5, 0.6) is 0 Å². The van der Waals surface area contributed by atoms with E-state index in [1.807, 2.05) is 63.2 Å². The Morgan fingerprint density at radius 3 is 2.13 bits per heavy atom. The van der Waals surface area contributed by atoms with Crippen LogP contribution >= 0.6 is 0 Å². The molecule has 3 amide bonds. The maximum atomic E-state index is 13.5. The predicted molar refractivity (Wildman–Crippen MR) is 178 cm³/mol. The van der Waals surface area contributed by atoms with Crippen LogP contribution in [0.3, 0.4) is 0 Å². The maximum absolute atomic E-state index is 13.5. The zero-order valence-corrected chi connectivity index (χ0v) is 27.6. The SMILES string of the molecule is CC(C)(C)OC(=O)NCC1CCC(C(=O)N[C@@H](CC2CCCCC2)C(=O)Nc2ccc(CC(=O)OCc3ccccc3)cc2)CC1. The quantitative estimate of drug-likeness (QED) is 0.224. The van der Waals surface area contributed by atoms with Crippen LogP contribution in [0.1, 0.15) is 96.1 Å². The van der Waals surface area contributed by atoms with Gasteiger partial charge in [0.25, 0.3) is 0 Å². The van der Waals surface area contributed by atoms with Gasteiger partial charge in [-0.1, -0.05) is 74.6 Å². The summed E-state index contributed by atoms with van der Waals surface area (Å²) in [5.41, 5.74) is 1.80. The number of benzene rings is 2. The minimum atomic E-state index is -0.616. The molecule has 0 spiro atoms. The fourth-order valence-corrected chi connectivity index (χ4v) is 6.34. The molecule has 46 heavy (non-hydrogen) atoms. The summed E-state index contributed by atoms with van der Waals surface area (Å²) in [7, 11) is 0. The van der Waals surface area contributed by atoms with Gasteiger partial charge in [0.1, 0.15) is 18.2 Å². The molecule has 2 saturated carbocycles. The van der Waals surface area contributed by atoms with Crippen molar-refractivity contribution in [2.75, 3.05) is 11.9 Å². The van der Waals surface area contributed by atoms with E-state index in [0.717, 1.165) is 62.5 Å². The molecular weight excluding hydrogens is 582 g/mol. The van der Waals surface area contributed by atoms with Crippen molar-refractivity contribution in [2.45, 2.75) is 110 Å². The van der Waals surface area contributed by atoms with Gasteiger partial charge >= 0.3 is 12.1 Å². The van der Waals surface area contributed by atoms with Gasteiger partial charge in [0.05, 0.1) is 6.42 Å². The van der Waals surface area contributed by atoms with Crippen LogP contribution in [0.4, 0.5) is 10.5 Å². The number of anilines is 1. The van der Waals surface area contributed by atoms with Crippen molar-refractivity contribution in [2.24, 2.45) is 17.8 Å². The molecule has 2 aliphatic carbocycles. The summed E-state index contributed by atoms with van der Waals surface area (Å²) in [6, 6.07) is 16.1. The van der Waals surface area contributed by atoms with E-state index in [-0.39, 0.29) is 36.7 Å². The third-order valence-electron chi connectivity index (χ3n) is 8.89. The molecule has 0 bridgehead atoms. The second-order valence-corrected chi connectivity index (χ2v) is 13.9. The molecule has 0 radical (unpaired) electrons. The first kappa shape index (κ1) is 35.0. The van der Waals surface area contributed by atoms with E-state index in [0.29, 0.717) is 30.5 Å². The number of carbonyl (C=O) groups excluding carboxylic acids is 4. The molecule has 1 atom stereocenters. The summed E-state index contributed by atoms with van der Waals surface area (Å²) in [5, 5.41) is 8.96. The monoisotopic (exact) mass is 633 g/mol. The lowest BCUT2D eigenvalue weighted by molar-refractivity contribution is -0.144. The predicted octanol–water partition coefficient (Wildman–Crippen LogP) is 6.70. The van der Waals surface area contributed by atoms with Gasteiger partial charge in [0.15, 0.2) is 0 Å². The van der Waals surface area contributed by atoms with Crippen LogP contribution in [0, 0.1) is 17.8 Å². The van der Waals surface area contributed by atoms with Crippen molar-refractivity contribution in [1.82, 2.24) is 10.6 Å². The first-order chi connectivity index (χ1) is 22.0. The van der Waals surface area contributed by atoms with E-state index in [2.05, 4.69) is 16.0 Å². The lowest BCUT2D eigenvalue weighted by Crippen LogP contribution is -2.47. The second kappa shape index (κ2) is 17.2. The molecule has 2 aliphatic rings. The van der Waals surface area contributed by atoms with Crippen LogP contribution in [-0.4, -0.2) is 42.1 Å². The lowest BCUT2D eigenvalue weighted by atomic mass is 9.81. The normalized spacial score (nSPS) is 19.4. The molecule has 0 saturated heterocycles. The van der Waals surface area contributed by atoms with Gasteiger partial charge in [0.2, 0.25) is 11.8 Å². The summed E-state index contributed by atoms with van der Waals surface area (Å²) >= 11 is 0. The standard InChI is InChI=1S/C37H51N3O6/c1-37(2,3)46-36(44)38-24-28-14-18-30(19-15-28)34(42)40-32(22-26-10-6-4-7-11-26)35(43)39-31-20-16-27(17-21-31)23-33(41)45-25-29-12-8-5-9-13-29/h5,8-9,12-13,16-17,20-21,26,28,30,32H,4,6-7,10-11,14-15,18-19,22-25H2,1-3H3,(H,38,44)(H,39,43)(H,40,42)/t28?,30?,32-/m0/s1. The highest BCUT2D eigenvalue weighted by Gasteiger charge is 2.31. The van der Waals surface area contributed by atoms with Gasteiger partial charge in [-0.05, 0) is 88.0 Å². The molecule has 4 rings (SSSR count). The molecule has 2 fully saturated rings. The molecule has 9 heteroatoms. The highest BCUT2D eigenvalue weighted by molar-refractivity contribution is 5.97. The molecule has 250 valence electrons. The van der Waals surface area contributed by atoms with E-state index in [4.69, 9.17) is 9.47 Å². The molecule has 3 N–H and O–H groups in total. The summed E-state index contributed by atoms with van der Waals surface area (Å²) in [4.78, 5) is 51.3. The highest BCUT2D eigenvalue weighted by atomic mass is 16.6. The molecule has 9 nitrogen and oxygen atoms in total. The van der Waals surface area contributed by atoms with Gasteiger partial charge in [-0.15, -0.1) is 0 Å². The summed E-state index contributed by atoms with van der Waals surface area (Å²) < 4.78 is 10.7. The number of hydrogen-bond acceptors (Lipinski definition) is 6. The number of esters is 1. The van der Waals surface area contributed by atoms with Gasteiger partial charge in [0, 0.05) is 18.2 Å². The van der Waals surface area contributed by atoms with Gasteiger partial charge in [-0.3, -0.25) is 14.4 Å². The van der Waals surface area contributed by atoms with E-state index in [1.165, 1.54) is 6.42 Å². The van der Waals surface area contributed by atoms with Gasteiger partial charge in [-0.25, -0.2) is 4.79 Å². The molecular formula is C37H51N3O6. The van der Waals surface area contributed by atoms with Crippen molar-refractivity contribution in [3.05, 3.63) is 65.7 Å². The molecule has 0 unspecified atom stereocenters. The number of hydrogen-bond donors (Lipinski definition) is 3. The van der Waals surface area contributed by atoms with Crippen LogP contribution in [0.2, 0.25) is 0 Å². The van der Waals surface area contributed by atoms with Crippen molar-refractivity contribution >= 4 is 29.6 Å². The number of nitrogens with one attached hydrogen (secondary N) is 3. The van der Waals surface area contributed by atoms with E-state index >= 15 is 0 Å². The van der Waals surface area contributed by atoms with Crippen molar-refractivity contribution in [1.29, 1.82) is 0 Å². The molecule has 0 heterocycles. The fraction of sp³-hybridized carbons (Fsp3) is 0.568.